The van der Waals surface area contributed by atoms with Gasteiger partial charge in [-0.05, 0) is 49.1 Å². The number of hydrogen-bond acceptors (Lipinski definition) is 6. The van der Waals surface area contributed by atoms with Crippen molar-refractivity contribution >= 4 is 62.7 Å². The van der Waals surface area contributed by atoms with Crippen molar-refractivity contribution in [3.63, 3.8) is 0 Å². The molecule has 0 aliphatic rings. The molecule has 0 aliphatic carbocycles. The predicted octanol–water partition coefficient (Wildman–Crippen LogP) is 6.40. The van der Waals surface area contributed by atoms with Gasteiger partial charge in [-0.25, -0.2) is 4.79 Å². The highest BCUT2D eigenvalue weighted by atomic mass is 35.5. The molecule has 0 fully saturated rings. The van der Waals surface area contributed by atoms with Gasteiger partial charge in [0.25, 0.3) is 5.91 Å². The first-order chi connectivity index (χ1) is 16.0. The first-order valence-electron chi connectivity index (χ1n) is 9.82. The van der Waals surface area contributed by atoms with Crippen molar-refractivity contribution in [2.75, 3.05) is 17.2 Å². The molecule has 0 bridgehead atoms. The summed E-state index contributed by atoms with van der Waals surface area (Å²) < 4.78 is 44.2. The van der Waals surface area contributed by atoms with Crippen LogP contribution >= 0.6 is 34.3 Å². The third-order valence-corrected chi connectivity index (χ3v) is 6.95. The molecule has 180 valence electrons. The van der Waals surface area contributed by atoms with Crippen molar-refractivity contribution in [3.05, 3.63) is 67.2 Å². The lowest BCUT2D eigenvalue weighted by molar-refractivity contribution is -0.137. The Balaban J connectivity index is 1.92. The van der Waals surface area contributed by atoms with E-state index in [1.165, 1.54) is 18.3 Å². The summed E-state index contributed by atoms with van der Waals surface area (Å²) in [4.78, 5) is 38.8. The molecular formula is C22H18ClF3N2O4S2. The molecule has 34 heavy (non-hydrogen) atoms. The van der Waals surface area contributed by atoms with Gasteiger partial charge in [0.2, 0.25) is 5.91 Å². The molecule has 0 radical (unpaired) electrons. The van der Waals surface area contributed by atoms with Gasteiger partial charge in [0.15, 0.2) is 0 Å². The number of anilines is 2. The topological polar surface area (TPSA) is 84.5 Å². The van der Waals surface area contributed by atoms with Gasteiger partial charge in [-0.3, -0.25) is 9.59 Å². The largest absolute Gasteiger partial charge is 0.462 e. The molecule has 3 rings (SSSR count). The minimum Gasteiger partial charge on any atom is -0.462 e. The minimum absolute atomic E-state index is 0.00617. The van der Waals surface area contributed by atoms with Crippen molar-refractivity contribution in [3.8, 4) is 0 Å². The molecule has 1 aromatic carbocycles. The zero-order valence-corrected chi connectivity index (χ0v) is 20.2. The van der Waals surface area contributed by atoms with E-state index in [9.17, 15) is 27.6 Å². The fourth-order valence-electron chi connectivity index (χ4n) is 2.99. The van der Waals surface area contributed by atoms with Gasteiger partial charge < -0.3 is 15.4 Å². The molecule has 0 spiro atoms. The van der Waals surface area contributed by atoms with E-state index in [2.05, 4.69) is 10.6 Å². The number of halogens is 4. The van der Waals surface area contributed by atoms with Crippen LogP contribution in [0.15, 0.2) is 35.7 Å². The van der Waals surface area contributed by atoms with Crippen LogP contribution in [0.2, 0.25) is 5.02 Å². The zero-order chi connectivity index (χ0) is 25.0. The molecule has 2 aromatic heterocycles. The quantitative estimate of drug-likeness (QED) is 0.346. The third kappa shape index (κ3) is 5.96. The molecule has 0 aliphatic heterocycles. The molecule has 12 heteroatoms. The third-order valence-electron chi connectivity index (χ3n) is 4.54. The van der Waals surface area contributed by atoms with Crippen LogP contribution < -0.4 is 10.6 Å². The van der Waals surface area contributed by atoms with Crippen LogP contribution in [0.25, 0.3) is 0 Å². The molecule has 0 saturated carbocycles. The smallest absolute Gasteiger partial charge is 0.416 e. The SMILES string of the molecule is CCOC(=O)c1c(NC(=O)Cc2cccs2)sc(C(=O)Nc2cc(C(F)(F)F)ccc2Cl)c1C. The molecule has 3 aromatic rings. The number of benzene rings is 1. The summed E-state index contributed by atoms with van der Waals surface area (Å²) in [6.45, 7) is 3.16. The highest BCUT2D eigenvalue weighted by Crippen LogP contribution is 2.37. The number of nitrogens with one attached hydrogen (secondary N) is 2. The van der Waals surface area contributed by atoms with Crippen LogP contribution in [0.5, 0.6) is 0 Å². The molecule has 6 nitrogen and oxygen atoms in total. The van der Waals surface area contributed by atoms with Gasteiger partial charge in [0, 0.05) is 4.88 Å². The normalized spacial score (nSPS) is 11.2. The van der Waals surface area contributed by atoms with Crippen molar-refractivity contribution in [1.82, 2.24) is 0 Å². The number of ether oxygens (including phenoxy) is 1. The van der Waals surface area contributed by atoms with Gasteiger partial charge in [-0.1, -0.05) is 17.7 Å². The fraction of sp³-hybridized carbons (Fsp3) is 0.227. The number of hydrogen-bond donors (Lipinski definition) is 2. The van der Waals surface area contributed by atoms with E-state index < -0.39 is 29.5 Å². The average molecular weight is 531 g/mol. The van der Waals surface area contributed by atoms with Crippen LogP contribution in [0.3, 0.4) is 0 Å². The predicted molar refractivity (Wildman–Crippen MR) is 126 cm³/mol. The summed E-state index contributed by atoms with van der Waals surface area (Å²) in [6, 6.07) is 6.14. The van der Waals surface area contributed by atoms with Crippen molar-refractivity contribution in [2.45, 2.75) is 26.4 Å². The average Bonchev–Trinajstić information content (AvgIpc) is 3.36. The molecular weight excluding hydrogens is 513 g/mol. The van der Waals surface area contributed by atoms with Gasteiger partial charge in [0.05, 0.1) is 39.7 Å². The Morgan fingerprint density at radius 2 is 1.88 bits per heavy atom. The number of rotatable bonds is 7. The van der Waals surface area contributed by atoms with Crippen LogP contribution in [0, 0.1) is 6.92 Å². The van der Waals surface area contributed by atoms with E-state index in [0.717, 1.165) is 34.4 Å². The Kier molecular flexibility index (Phi) is 8.01. The number of carbonyl (C=O) groups excluding carboxylic acids is 3. The number of esters is 1. The van der Waals surface area contributed by atoms with E-state index in [1.54, 1.807) is 19.1 Å². The minimum atomic E-state index is -4.62. The lowest BCUT2D eigenvalue weighted by Crippen LogP contribution is -2.16. The maximum atomic E-state index is 13.1. The Labute approximate surface area is 205 Å². The van der Waals surface area contributed by atoms with Crippen molar-refractivity contribution in [1.29, 1.82) is 0 Å². The molecule has 2 heterocycles. The highest BCUT2D eigenvalue weighted by Gasteiger charge is 2.32. The van der Waals surface area contributed by atoms with Gasteiger partial charge in [0.1, 0.15) is 5.00 Å². The van der Waals surface area contributed by atoms with E-state index >= 15 is 0 Å². The zero-order valence-electron chi connectivity index (χ0n) is 17.8. The maximum Gasteiger partial charge on any atom is 0.416 e. The number of carbonyl (C=O) groups is 3. The van der Waals surface area contributed by atoms with Crippen LogP contribution in [-0.2, 0) is 22.1 Å². The summed E-state index contributed by atoms with van der Waals surface area (Å²) in [7, 11) is 0. The second-order valence-corrected chi connectivity index (χ2v) is 9.39. The van der Waals surface area contributed by atoms with Gasteiger partial charge in [-0.15, -0.1) is 22.7 Å². The van der Waals surface area contributed by atoms with Crippen LogP contribution in [0.1, 0.15) is 43.0 Å². The molecule has 0 atom stereocenters. The first kappa shape index (κ1) is 25.7. The maximum absolute atomic E-state index is 13.1. The summed E-state index contributed by atoms with van der Waals surface area (Å²) in [5, 5.41) is 6.84. The van der Waals surface area contributed by atoms with E-state index in [1.807, 2.05) is 5.38 Å². The highest BCUT2D eigenvalue weighted by molar-refractivity contribution is 7.19. The summed E-state index contributed by atoms with van der Waals surface area (Å²) >= 11 is 8.18. The molecule has 0 saturated heterocycles. The Hall–Kier alpha value is -2.89. The van der Waals surface area contributed by atoms with Crippen LogP contribution in [0.4, 0.5) is 23.9 Å². The summed E-state index contributed by atoms with van der Waals surface area (Å²) in [5.41, 5.74) is -0.999. The van der Waals surface area contributed by atoms with E-state index in [-0.39, 0.29) is 44.7 Å². The number of amides is 2. The molecule has 2 amide bonds. The monoisotopic (exact) mass is 530 g/mol. The summed E-state index contributed by atoms with van der Waals surface area (Å²) in [5.74, 6) is -1.92. The second kappa shape index (κ2) is 10.6. The Morgan fingerprint density at radius 3 is 2.50 bits per heavy atom. The van der Waals surface area contributed by atoms with Gasteiger partial charge >= 0.3 is 12.1 Å². The Morgan fingerprint density at radius 1 is 1.15 bits per heavy atom. The number of alkyl halides is 3. The number of thiophene rings is 2. The lowest BCUT2D eigenvalue weighted by atomic mass is 10.1. The standard InChI is InChI=1S/C22H18ClF3N2O4S2/c1-3-32-21(31)17-11(2)18(34-20(17)28-16(29)10-13-5-4-8-33-13)19(30)27-15-9-12(22(24,25)26)6-7-14(15)23/h4-9H,3,10H2,1-2H3,(H,27,30)(H,28,29). The lowest BCUT2D eigenvalue weighted by Gasteiger charge is -2.11. The second-order valence-electron chi connectivity index (χ2n) is 6.93. The van der Waals surface area contributed by atoms with Crippen molar-refractivity contribution in [2.24, 2.45) is 0 Å². The Bertz CT molecular complexity index is 1220. The summed E-state index contributed by atoms with van der Waals surface area (Å²) in [6.07, 6.45) is -4.56. The van der Waals surface area contributed by atoms with Gasteiger partial charge in [-0.2, -0.15) is 13.2 Å². The first-order valence-corrected chi connectivity index (χ1v) is 11.9. The van der Waals surface area contributed by atoms with Crippen LogP contribution in [-0.4, -0.2) is 24.4 Å². The van der Waals surface area contributed by atoms with E-state index in [0.29, 0.717) is 0 Å². The van der Waals surface area contributed by atoms with E-state index in [4.69, 9.17) is 16.3 Å². The van der Waals surface area contributed by atoms with Crippen molar-refractivity contribution < 1.29 is 32.3 Å². The molecule has 2 N–H and O–H groups in total. The fourth-order valence-corrected chi connectivity index (χ4v) is 4.96. The molecule has 0 unspecified atom stereocenters.